The van der Waals surface area contributed by atoms with Gasteiger partial charge in [0.1, 0.15) is 5.75 Å². The standard InChI is InChI=1S/C15H18N4O2S/c1-19-6-5-12-13(8-19)22-15(17-12)18-14(20)10-4-3-9(21-2)7-11(10)16/h3-4,7H,5-6,8,16H2,1-2H3,(H,17,18,20). The van der Waals surface area contributed by atoms with Crippen LogP contribution in [0.2, 0.25) is 0 Å². The number of carbonyl (C=O) groups is 1. The van der Waals surface area contributed by atoms with E-state index in [1.807, 2.05) is 0 Å². The van der Waals surface area contributed by atoms with E-state index in [1.54, 1.807) is 25.3 Å². The predicted octanol–water partition coefficient (Wildman–Crippen LogP) is 1.97. The summed E-state index contributed by atoms with van der Waals surface area (Å²) >= 11 is 1.53. The van der Waals surface area contributed by atoms with Crippen LogP contribution in [0.3, 0.4) is 0 Å². The van der Waals surface area contributed by atoms with Crippen molar-refractivity contribution in [2.24, 2.45) is 0 Å². The quantitative estimate of drug-likeness (QED) is 0.846. The number of nitrogen functional groups attached to an aromatic ring is 1. The number of benzene rings is 1. The number of nitrogens with zero attached hydrogens (tertiary/aromatic N) is 2. The molecule has 0 radical (unpaired) electrons. The van der Waals surface area contributed by atoms with Gasteiger partial charge in [0, 0.05) is 36.1 Å². The molecule has 7 heteroatoms. The maximum absolute atomic E-state index is 12.3. The van der Waals surface area contributed by atoms with Crippen molar-refractivity contribution in [3.05, 3.63) is 34.3 Å². The fourth-order valence-electron chi connectivity index (χ4n) is 2.42. The Morgan fingerprint density at radius 3 is 3.05 bits per heavy atom. The molecule has 0 atom stereocenters. The molecule has 0 unspecified atom stereocenters. The highest BCUT2D eigenvalue weighted by Crippen LogP contribution is 2.28. The molecule has 1 aromatic heterocycles. The molecule has 1 aliphatic heterocycles. The third kappa shape index (κ3) is 2.90. The topological polar surface area (TPSA) is 80.5 Å². The zero-order chi connectivity index (χ0) is 15.7. The molecule has 0 spiro atoms. The first kappa shape index (κ1) is 14.8. The van der Waals surface area contributed by atoms with Crippen LogP contribution >= 0.6 is 11.3 Å². The van der Waals surface area contributed by atoms with E-state index in [1.165, 1.54) is 16.2 Å². The second-order valence-corrected chi connectivity index (χ2v) is 6.37. The average molecular weight is 318 g/mol. The van der Waals surface area contributed by atoms with Gasteiger partial charge in [-0.3, -0.25) is 10.1 Å². The second kappa shape index (κ2) is 5.94. The summed E-state index contributed by atoms with van der Waals surface area (Å²) in [5, 5.41) is 3.46. The van der Waals surface area contributed by atoms with E-state index >= 15 is 0 Å². The molecule has 1 aromatic carbocycles. The van der Waals surface area contributed by atoms with Crippen molar-refractivity contribution in [1.82, 2.24) is 9.88 Å². The number of nitrogens with two attached hydrogens (primary N) is 1. The highest BCUT2D eigenvalue weighted by molar-refractivity contribution is 7.15. The van der Waals surface area contributed by atoms with Crippen molar-refractivity contribution in [2.75, 3.05) is 31.8 Å². The first-order valence-corrected chi connectivity index (χ1v) is 7.80. The molecule has 0 saturated carbocycles. The number of anilines is 2. The largest absolute Gasteiger partial charge is 0.497 e. The van der Waals surface area contributed by atoms with Crippen LogP contribution in [0, 0.1) is 0 Å². The van der Waals surface area contributed by atoms with E-state index in [2.05, 4.69) is 22.2 Å². The van der Waals surface area contributed by atoms with E-state index in [-0.39, 0.29) is 5.91 Å². The molecule has 1 aliphatic rings. The monoisotopic (exact) mass is 318 g/mol. The van der Waals surface area contributed by atoms with E-state index in [4.69, 9.17) is 10.5 Å². The van der Waals surface area contributed by atoms with E-state index in [0.29, 0.717) is 22.1 Å². The molecular formula is C15H18N4O2S. The summed E-state index contributed by atoms with van der Waals surface area (Å²) < 4.78 is 5.09. The van der Waals surface area contributed by atoms with Gasteiger partial charge in [0.05, 0.1) is 18.4 Å². The van der Waals surface area contributed by atoms with E-state index < -0.39 is 0 Å². The lowest BCUT2D eigenvalue weighted by atomic mass is 10.1. The number of hydrogen-bond donors (Lipinski definition) is 2. The van der Waals surface area contributed by atoms with Crippen molar-refractivity contribution in [1.29, 1.82) is 0 Å². The van der Waals surface area contributed by atoms with Crippen LogP contribution in [0.4, 0.5) is 10.8 Å². The summed E-state index contributed by atoms with van der Waals surface area (Å²) in [6.07, 6.45) is 0.920. The summed E-state index contributed by atoms with van der Waals surface area (Å²) in [5.41, 5.74) is 7.80. The van der Waals surface area contributed by atoms with Gasteiger partial charge >= 0.3 is 0 Å². The number of fused-ring (bicyclic) bond motifs is 1. The molecule has 0 saturated heterocycles. The first-order valence-electron chi connectivity index (χ1n) is 6.99. The Bertz CT molecular complexity index is 714. The number of methoxy groups -OCH3 is 1. The number of ether oxygens (including phenoxy) is 1. The van der Waals surface area contributed by atoms with Gasteiger partial charge in [0.2, 0.25) is 0 Å². The van der Waals surface area contributed by atoms with Gasteiger partial charge < -0.3 is 15.4 Å². The van der Waals surface area contributed by atoms with Gasteiger partial charge in [0.25, 0.3) is 5.91 Å². The summed E-state index contributed by atoms with van der Waals surface area (Å²) in [6, 6.07) is 5.01. The number of nitrogens with one attached hydrogen (secondary N) is 1. The highest BCUT2D eigenvalue weighted by atomic mass is 32.1. The summed E-state index contributed by atoms with van der Waals surface area (Å²) in [6.45, 7) is 1.88. The van der Waals surface area contributed by atoms with Gasteiger partial charge in [-0.25, -0.2) is 4.98 Å². The second-order valence-electron chi connectivity index (χ2n) is 5.28. The van der Waals surface area contributed by atoms with Crippen LogP contribution in [0.25, 0.3) is 0 Å². The zero-order valence-corrected chi connectivity index (χ0v) is 13.4. The number of thiazole rings is 1. The fraction of sp³-hybridized carbons (Fsp3) is 0.333. The Morgan fingerprint density at radius 2 is 2.32 bits per heavy atom. The number of rotatable bonds is 3. The third-order valence-corrected chi connectivity index (χ3v) is 4.64. The lowest BCUT2D eigenvalue weighted by molar-refractivity contribution is 0.102. The Balaban J connectivity index is 1.77. The van der Waals surface area contributed by atoms with E-state index in [0.717, 1.165) is 25.2 Å². The Labute approximate surface area is 132 Å². The fourth-order valence-corrected chi connectivity index (χ4v) is 3.50. The number of hydrogen-bond acceptors (Lipinski definition) is 6. The van der Waals surface area contributed by atoms with Gasteiger partial charge in [-0.1, -0.05) is 0 Å². The molecular weight excluding hydrogens is 300 g/mol. The first-order chi connectivity index (χ1) is 10.6. The third-order valence-electron chi connectivity index (χ3n) is 3.65. The number of amides is 1. The lowest BCUT2D eigenvalue weighted by Gasteiger charge is -2.20. The van der Waals surface area contributed by atoms with Crippen molar-refractivity contribution in [3.63, 3.8) is 0 Å². The Morgan fingerprint density at radius 1 is 1.50 bits per heavy atom. The van der Waals surface area contributed by atoms with Gasteiger partial charge in [-0.2, -0.15) is 0 Å². The molecule has 116 valence electrons. The van der Waals surface area contributed by atoms with Crippen LogP contribution in [-0.2, 0) is 13.0 Å². The van der Waals surface area contributed by atoms with Gasteiger partial charge in [-0.05, 0) is 19.2 Å². The minimum atomic E-state index is -0.250. The molecule has 0 bridgehead atoms. The van der Waals surface area contributed by atoms with Crippen LogP contribution in [0.15, 0.2) is 18.2 Å². The molecule has 3 N–H and O–H groups in total. The molecule has 0 aliphatic carbocycles. The molecule has 3 rings (SSSR count). The van der Waals surface area contributed by atoms with Crippen molar-refractivity contribution in [2.45, 2.75) is 13.0 Å². The van der Waals surface area contributed by atoms with Crippen LogP contribution in [0.5, 0.6) is 5.75 Å². The number of likely N-dealkylation sites (N-methyl/N-ethyl adjacent to an activating group) is 1. The molecule has 2 aromatic rings. The molecule has 0 fully saturated rings. The van der Waals surface area contributed by atoms with Crippen LogP contribution in [0.1, 0.15) is 20.9 Å². The van der Waals surface area contributed by atoms with E-state index in [9.17, 15) is 4.79 Å². The highest BCUT2D eigenvalue weighted by Gasteiger charge is 2.20. The predicted molar refractivity (Wildman–Crippen MR) is 87.5 cm³/mol. The number of aromatic nitrogens is 1. The van der Waals surface area contributed by atoms with Crippen LogP contribution in [-0.4, -0.2) is 36.5 Å². The zero-order valence-electron chi connectivity index (χ0n) is 12.5. The Hall–Kier alpha value is -2.12. The maximum Gasteiger partial charge on any atom is 0.259 e. The van der Waals surface area contributed by atoms with Gasteiger partial charge in [-0.15, -0.1) is 11.3 Å². The lowest BCUT2D eigenvalue weighted by Crippen LogP contribution is -2.25. The number of carbonyl (C=O) groups excluding carboxylic acids is 1. The Kier molecular flexibility index (Phi) is 4.00. The average Bonchev–Trinajstić information content (AvgIpc) is 2.88. The van der Waals surface area contributed by atoms with Crippen molar-refractivity contribution < 1.29 is 9.53 Å². The summed E-state index contributed by atoms with van der Waals surface area (Å²) in [7, 11) is 3.64. The van der Waals surface area contributed by atoms with Gasteiger partial charge in [0.15, 0.2) is 5.13 Å². The molecule has 22 heavy (non-hydrogen) atoms. The normalized spacial score (nSPS) is 14.5. The molecule has 6 nitrogen and oxygen atoms in total. The maximum atomic E-state index is 12.3. The van der Waals surface area contributed by atoms with Crippen molar-refractivity contribution >= 4 is 28.1 Å². The minimum absolute atomic E-state index is 0.250. The minimum Gasteiger partial charge on any atom is -0.497 e. The molecule has 2 heterocycles. The SMILES string of the molecule is COc1ccc(C(=O)Nc2nc3c(s2)CN(C)CC3)c(N)c1. The summed E-state index contributed by atoms with van der Waals surface area (Å²) in [5.74, 6) is 0.376. The summed E-state index contributed by atoms with van der Waals surface area (Å²) in [4.78, 5) is 20.3. The molecule has 1 amide bonds. The van der Waals surface area contributed by atoms with Crippen molar-refractivity contribution in [3.8, 4) is 5.75 Å². The smallest absolute Gasteiger partial charge is 0.259 e. The van der Waals surface area contributed by atoms with Crippen LogP contribution < -0.4 is 15.8 Å².